The van der Waals surface area contributed by atoms with E-state index >= 15 is 0 Å². The molecule has 160 valence electrons. The van der Waals surface area contributed by atoms with E-state index in [1.807, 2.05) is 24.3 Å². The number of halogens is 2. The van der Waals surface area contributed by atoms with Crippen molar-refractivity contribution >= 4 is 22.9 Å². The molecule has 2 aliphatic heterocycles. The Kier molecular flexibility index (Phi) is 6.37. The monoisotopic (exact) mass is 423 g/mol. The number of nitrogens with zero attached hydrogens (tertiary/aromatic N) is 3. The highest BCUT2D eigenvalue weighted by atomic mass is 19.1. The number of allylic oxidation sites excluding steroid dienone is 5. The van der Waals surface area contributed by atoms with Crippen LogP contribution in [0.1, 0.15) is 5.69 Å². The van der Waals surface area contributed by atoms with Crippen molar-refractivity contribution in [3.05, 3.63) is 84.4 Å². The number of morpholine rings is 1. The summed E-state index contributed by atoms with van der Waals surface area (Å²) >= 11 is 0. The molecular formula is C23H23F2N5O. The van der Waals surface area contributed by atoms with Gasteiger partial charge in [0.1, 0.15) is 11.5 Å². The zero-order valence-electron chi connectivity index (χ0n) is 16.9. The van der Waals surface area contributed by atoms with Crippen molar-refractivity contribution in [2.24, 2.45) is 0 Å². The number of hydrogen-bond donors (Lipinski definition) is 2. The van der Waals surface area contributed by atoms with Crippen molar-refractivity contribution < 1.29 is 13.5 Å². The van der Waals surface area contributed by atoms with Crippen molar-refractivity contribution in [2.75, 3.05) is 43.1 Å². The molecule has 0 amide bonds. The van der Waals surface area contributed by atoms with Crippen molar-refractivity contribution in [1.82, 2.24) is 15.3 Å². The van der Waals surface area contributed by atoms with Gasteiger partial charge in [0.25, 0.3) is 0 Å². The summed E-state index contributed by atoms with van der Waals surface area (Å²) in [5, 5.41) is 6.08. The molecule has 0 unspecified atom stereocenters. The minimum absolute atomic E-state index is 0.0332. The molecule has 1 aromatic heterocycles. The lowest BCUT2D eigenvalue weighted by Crippen LogP contribution is -2.36. The first kappa shape index (κ1) is 20.7. The third-order valence-electron chi connectivity index (χ3n) is 4.92. The Balaban J connectivity index is 1.55. The molecule has 31 heavy (non-hydrogen) atoms. The summed E-state index contributed by atoms with van der Waals surface area (Å²) in [5.74, 6) is -0.858. The second-order valence-electron chi connectivity index (χ2n) is 7.08. The minimum atomic E-state index is -0.622. The molecule has 2 aliphatic rings. The third-order valence-corrected chi connectivity index (χ3v) is 4.92. The van der Waals surface area contributed by atoms with Crippen molar-refractivity contribution in [3.63, 3.8) is 0 Å². The van der Waals surface area contributed by atoms with E-state index in [2.05, 4.69) is 32.1 Å². The average Bonchev–Trinajstić information content (AvgIpc) is 2.86. The summed E-state index contributed by atoms with van der Waals surface area (Å²) in [4.78, 5) is 10.6. The molecule has 1 saturated heterocycles. The first-order valence-corrected chi connectivity index (χ1v) is 9.99. The van der Waals surface area contributed by atoms with Crippen LogP contribution in [0.3, 0.4) is 0 Å². The number of aromatic nitrogens is 2. The number of ether oxygens (including phenoxy) is 1. The molecule has 8 heteroatoms. The molecule has 3 heterocycles. The van der Waals surface area contributed by atoms with Crippen molar-refractivity contribution in [2.45, 2.75) is 0 Å². The fraction of sp³-hybridized carbons (Fsp3) is 0.217. The van der Waals surface area contributed by atoms with Gasteiger partial charge in [-0.3, -0.25) is 0 Å². The van der Waals surface area contributed by atoms with E-state index in [0.29, 0.717) is 17.7 Å². The quantitative estimate of drug-likeness (QED) is 0.772. The fourth-order valence-electron chi connectivity index (χ4n) is 3.33. The number of hydrogen-bond acceptors (Lipinski definition) is 6. The normalized spacial score (nSPS) is 21.5. The van der Waals surface area contributed by atoms with Crippen LogP contribution in [-0.2, 0) is 4.74 Å². The number of rotatable bonds is 4. The highest BCUT2D eigenvalue weighted by Crippen LogP contribution is 2.27. The molecule has 6 nitrogen and oxygen atoms in total. The number of anilines is 3. The minimum Gasteiger partial charge on any atom is -0.387 e. The maximum absolute atomic E-state index is 14.5. The smallest absolute Gasteiger partial charge is 0.227 e. The lowest BCUT2D eigenvalue weighted by atomic mass is 10.0. The molecule has 0 aliphatic carbocycles. The largest absolute Gasteiger partial charge is 0.387 e. The molecule has 0 bridgehead atoms. The zero-order valence-corrected chi connectivity index (χ0v) is 16.9. The van der Waals surface area contributed by atoms with E-state index in [1.165, 1.54) is 12.2 Å². The lowest BCUT2D eigenvalue weighted by molar-refractivity contribution is 0.122. The van der Waals surface area contributed by atoms with Gasteiger partial charge in [-0.25, -0.2) is 18.7 Å². The van der Waals surface area contributed by atoms with Gasteiger partial charge in [-0.2, -0.15) is 0 Å². The highest BCUT2D eigenvalue weighted by Gasteiger charge is 2.16. The fourth-order valence-corrected chi connectivity index (χ4v) is 3.33. The Labute approximate surface area is 179 Å². The predicted octanol–water partition coefficient (Wildman–Crippen LogP) is 4.11. The van der Waals surface area contributed by atoms with Gasteiger partial charge in [0.2, 0.25) is 5.95 Å². The molecule has 2 aromatic rings. The van der Waals surface area contributed by atoms with Gasteiger partial charge < -0.3 is 20.3 Å². The molecule has 4 rings (SSSR count). The second kappa shape index (κ2) is 9.53. The first-order chi connectivity index (χ1) is 15.1. The highest BCUT2D eigenvalue weighted by molar-refractivity contribution is 5.80. The van der Waals surface area contributed by atoms with Gasteiger partial charge in [-0.1, -0.05) is 12.7 Å². The van der Waals surface area contributed by atoms with Gasteiger partial charge in [0.05, 0.1) is 19.4 Å². The van der Waals surface area contributed by atoms with Crippen LogP contribution in [0.5, 0.6) is 0 Å². The predicted molar refractivity (Wildman–Crippen MR) is 118 cm³/mol. The van der Waals surface area contributed by atoms with Crippen molar-refractivity contribution in [3.8, 4) is 0 Å². The van der Waals surface area contributed by atoms with E-state index in [-0.39, 0.29) is 11.6 Å². The molecule has 1 fully saturated rings. The average molecular weight is 423 g/mol. The molecule has 0 radical (unpaired) electrons. The first-order valence-electron chi connectivity index (χ1n) is 9.99. The Bertz CT molecular complexity index is 1040. The lowest BCUT2D eigenvalue weighted by Gasteiger charge is -2.28. The SMILES string of the molecule is C=C1/C=C(F)\C=C/CN/C=C\1c1nc(Nc2ccc(N3CCOCC3)cc2)ncc1F. The van der Waals surface area contributed by atoms with E-state index in [1.54, 1.807) is 12.3 Å². The summed E-state index contributed by atoms with van der Waals surface area (Å²) in [5.41, 5.74) is 2.56. The standard InChI is InChI=1S/C23H23F2N5O/c1-16-13-17(24)3-2-8-26-14-20(16)22-21(25)15-27-23(29-22)28-18-4-6-19(7-5-18)30-9-11-31-12-10-30/h2-7,13-15,26H,1,8-12H2,(H,27,28,29)/b3-2-,17-13+,20-14+. The molecule has 0 saturated carbocycles. The van der Waals surface area contributed by atoms with Crippen LogP contribution in [0.2, 0.25) is 0 Å². The Morgan fingerprint density at radius 3 is 2.68 bits per heavy atom. The maximum Gasteiger partial charge on any atom is 0.227 e. The second-order valence-corrected chi connectivity index (χ2v) is 7.08. The van der Waals surface area contributed by atoms with E-state index in [4.69, 9.17) is 4.74 Å². The maximum atomic E-state index is 14.5. The van der Waals surface area contributed by atoms with Gasteiger partial charge in [0.15, 0.2) is 5.82 Å². The summed E-state index contributed by atoms with van der Waals surface area (Å²) in [7, 11) is 0. The van der Waals surface area contributed by atoms with E-state index in [0.717, 1.165) is 43.9 Å². The van der Waals surface area contributed by atoms with E-state index < -0.39 is 11.6 Å². The summed E-state index contributed by atoms with van der Waals surface area (Å²) in [6.07, 6.45) is 6.87. The van der Waals surface area contributed by atoms with Gasteiger partial charge in [0, 0.05) is 42.8 Å². The van der Waals surface area contributed by atoms with Crippen LogP contribution in [-0.4, -0.2) is 42.8 Å². The van der Waals surface area contributed by atoms with Crippen LogP contribution < -0.4 is 15.5 Å². The topological polar surface area (TPSA) is 62.3 Å². The van der Waals surface area contributed by atoms with Crippen LogP contribution >= 0.6 is 0 Å². The molecular weight excluding hydrogens is 400 g/mol. The van der Waals surface area contributed by atoms with Crippen LogP contribution in [0.4, 0.5) is 26.1 Å². The molecule has 0 atom stereocenters. The number of benzene rings is 1. The summed E-state index contributed by atoms with van der Waals surface area (Å²) in [6, 6.07) is 7.85. The summed E-state index contributed by atoms with van der Waals surface area (Å²) < 4.78 is 33.8. The Hall–Kier alpha value is -3.52. The van der Waals surface area contributed by atoms with Gasteiger partial charge >= 0.3 is 0 Å². The number of nitrogens with one attached hydrogen (secondary N) is 2. The Morgan fingerprint density at radius 1 is 1.13 bits per heavy atom. The van der Waals surface area contributed by atoms with Crippen LogP contribution in [0.25, 0.3) is 5.57 Å². The Morgan fingerprint density at radius 2 is 1.90 bits per heavy atom. The zero-order chi connectivity index (χ0) is 21.6. The molecule has 1 aromatic carbocycles. The molecule has 2 N–H and O–H groups in total. The van der Waals surface area contributed by atoms with Gasteiger partial charge in [-0.15, -0.1) is 0 Å². The van der Waals surface area contributed by atoms with E-state index in [9.17, 15) is 8.78 Å². The summed E-state index contributed by atoms with van der Waals surface area (Å²) in [6.45, 7) is 7.40. The van der Waals surface area contributed by atoms with Crippen LogP contribution in [0, 0.1) is 5.82 Å². The van der Waals surface area contributed by atoms with Gasteiger partial charge in [-0.05, 0) is 42.0 Å². The third kappa shape index (κ3) is 5.16. The molecule has 0 spiro atoms. The van der Waals surface area contributed by atoms with Crippen LogP contribution in [0.15, 0.2) is 72.9 Å². The van der Waals surface area contributed by atoms with Crippen molar-refractivity contribution in [1.29, 1.82) is 0 Å².